The van der Waals surface area contributed by atoms with E-state index in [1.807, 2.05) is 0 Å². The number of esters is 1. The molecular weight excluding hydrogens is 300 g/mol. The maximum Gasteiger partial charge on any atom is 0.316 e. The van der Waals surface area contributed by atoms with Crippen molar-refractivity contribution >= 4 is 29.3 Å². The van der Waals surface area contributed by atoms with Crippen molar-refractivity contribution < 1.29 is 13.9 Å². The van der Waals surface area contributed by atoms with E-state index in [-0.39, 0.29) is 17.8 Å². The maximum atomic E-state index is 11.4. The fourth-order valence-corrected chi connectivity index (χ4v) is 2.07. The van der Waals surface area contributed by atoms with Crippen LogP contribution in [0.5, 0.6) is 0 Å². The molecule has 0 aliphatic rings. The van der Waals surface area contributed by atoms with Crippen LogP contribution < -0.4 is 0 Å². The van der Waals surface area contributed by atoms with E-state index in [0.29, 0.717) is 16.1 Å². The van der Waals surface area contributed by atoms with E-state index in [0.717, 1.165) is 17.3 Å². The molecule has 7 heteroatoms. The van der Waals surface area contributed by atoms with Gasteiger partial charge in [0.2, 0.25) is 5.89 Å². The van der Waals surface area contributed by atoms with Gasteiger partial charge in [0, 0.05) is 10.6 Å². The molecule has 0 saturated heterocycles. The third-order valence-corrected chi connectivity index (χ3v) is 3.22. The van der Waals surface area contributed by atoms with Crippen molar-refractivity contribution in [3.63, 3.8) is 0 Å². The second-order valence-corrected chi connectivity index (χ2v) is 5.57. The summed E-state index contributed by atoms with van der Waals surface area (Å²) in [6.45, 7) is 3.60. The third kappa shape index (κ3) is 4.25. The van der Waals surface area contributed by atoms with Gasteiger partial charge in [-0.2, -0.15) is 0 Å². The average molecular weight is 313 g/mol. The van der Waals surface area contributed by atoms with E-state index in [4.69, 9.17) is 20.8 Å². The summed E-state index contributed by atoms with van der Waals surface area (Å²) in [5.74, 6) is 0.220. The topological polar surface area (TPSA) is 65.2 Å². The Hall–Kier alpha value is -1.53. The molecule has 0 saturated carbocycles. The van der Waals surface area contributed by atoms with Gasteiger partial charge in [0.05, 0.1) is 6.10 Å². The van der Waals surface area contributed by atoms with Gasteiger partial charge in [0.1, 0.15) is 5.75 Å². The molecule has 0 atom stereocenters. The lowest BCUT2D eigenvalue weighted by Gasteiger charge is -2.05. The van der Waals surface area contributed by atoms with Crippen molar-refractivity contribution in [2.75, 3.05) is 5.75 Å². The summed E-state index contributed by atoms with van der Waals surface area (Å²) in [6, 6.07) is 7.07. The Bertz CT molecular complexity index is 584. The third-order valence-electron chi connectivity index (χ3n) is 2.18. The molecule has 1 aromatic heterocycles. The van der Waals surface area contributed by atoms with Gasteiger partial charge in [-0.1, -0.05) is 23.4 Å². The van der Waals surface area contributed by atoms with Crippen LogP contribution in [0.15, 0.2) is 33.9 Å². The molecule has 1 heterocycles. The normalized spacial score (nSPS) is 10.8. The van der Waals surface area contributed by atoms with Crippen LogP contribution in [0, 0.1) is 0 Å². The largest absolute Gasteiger partial charge is 0.462 e. The molecule has 0 N–H and O–H groups in total. The molecule has 0 radical (unpaired) electrons. The molecule has 0 amide bonds. The van der Waals surface area contributed by atoms with Crippen molar-refractivity contribution in [3.8, 4) is 11.5 Å². The first-order chi connectivity index (χ1) is 9.54. The summed E-state index contributed by atoms with van der Waals surface area (Å²) in [5.41, 5.74) is 0.776. The number of nitrogens with zero attached hydrogens (tertiary/aromatic N) is 2. The maximum absolute atomic E-state index is 11.4. The fourth-order valence-electron chi connectivity index (χ4n) is 1.39. The van der Waals surface area contributed by atoms with Gasteiger partial charge < -0.3 is 9.15 Å². The Labute approximate surface area is 125 Å². The van der Waals surface area contributed by atoms with E-state index >= 15 is 0 Å². The van der Waals surface area contributed by atoms with Gasteiger partial charge in [0.15, 0.2) is 0 Å². The molecule has 2 aromatic rings. The molecule has 0 fully saturated rings. The van der Waals surface area contributed by atoms with Crippen LogP contribution in [0.2, 0.25) is 5.02 Å². The summed E-state index contributed by atoms with van der Waals surface area (Å²) in [4.78, 5) is 11.4. The molecule has 0 spiro atoms. The van der Waals surface area contributed by atoms with Crippen molar-refractivity contribution in [1.82, 2.24) is 10.2 Å². The number of halogens is 1. The molecule has 0 aliphatic carbocycles. The van der Waals surface area contributed by atoms with E-state index in [2.05, 4.69) is 10.2 Å². The number of aromatic nitrogens is 2. The minimum Gasteiger partial charge on any atom is -0.462 e. The molecule has 20 heavy (non-hydrogen) atoms. The summed E-state index contributed by atoms with van der Waals surface area (Å²) in [7, 11) is 0. The van der Waals surface area contributed by atoms with E-state index in [1.165, 1.54) is 0 Å². The summed E-state index contributed by atoms with van der Waals surface area (Å²) >= 11 is 6.96. The molecule has 0 bridgehead atoms. The van der Waals surface area contributed by atoms with E-state index < -0.39 is 0 Å². The standard InChI is InChI=1S/C13H13ClN2O3S/c1-8(2)18-11(17)7-20-13-16-15-12(19-13)9-3-5-10(14)6-4-9/h3-6,8H,7H2,1-2H3. The lowest BCUT2D eigenvalue weighted by atomic mass is 10.2. The number of rotatable bonds is 5. The number of thioether (sulfide) groups is 1. The van der Waals surface area contributed by atoms with Gasteiger partial charge in [-0.05, 0) is 38.1 Å². The molecule has 2 rings (SSSR count). The van der Waals surface area contributed by atoms with Gasteiger partial charge in [-0.15, -0.1) is 10.2 Å². The molecule has 5 nitrogen and oxygen atoms in total. The van der Waals surface area contributed by atoms with Crippen LogP contribution in [-0.4, -0.2) is 28.0 Å². The SMILES string of the molecule is CC(C)OC(=O)CSc1nnc(-c2ccc(Cl)cc2)o1. The predicted octanol–water partition coefficient (Wildman–Crippen LogP) is 3.43. The number of ether oxygens (including phenoxy) is 1. The number of hydrogen-bond donors (Lipinski definition) is 0. The van der Waals surface area contributed by atoms with Gasteiger partial charge in [-0.3, -0.25) is 4.79 Å². The highest BCUT2D eigenvalue weighted by molar-refractivity contribution is 7.99. The van der Waals surface area contributed by atoms with Crippen LogP contribution in [0.3, 0.4) is 0 Å². The summed E-state index contributed by atoms with van der Waals surface area (Å²) in [6.07, 6.45) is -0.129. The Morgan fingerprint density at radius 3 is 2.70 bits per heavy atom. The number of benzene rings is 1. The van der Waals surface area contributed by atoms with E-state index in [1.54, 1.807) is 38.1 Å². The Morgan fingerprint density at radius 1 is 1.35 bits per heavy atom. The Balaban J connectivity index is 1.95. The molecule has 0 unspecified atom stereocenters. The van der Waals surface area contributed by atoms with Crippen molar-refractivity contribution in [1.29, 1.82) is 0 Å². The summed E-state index contributed by atoms with van der Waals surface area (Å²) < 4.78 is 10.5. The molecule has 1 aromatic carbocycles. The zero-order valence-corrected chi connectivity index (χ0v) is 12.6. The lowest BCUT2D eigenvalue weighted by Crippen LogP contribution is -2.13. The fraction of sp³-hybridized carbons (Fsp3) is 0.308. The second kappa shape index (κ2) is 6.76. The van der Waals surface area contributed by atoms with Crippen molar-refractivity contribution in [3.05, 3.63) is 29.3 Å². The highest BCUT2D eigenvalue weighted by Gasteiger charge is 2.12. The van der Waals surface area contributed by atoms with Crippen LogP contribution in [-0.2, 0) is 9.53 Å². The van der Waals surface area contributed by atoms with Crippen molar-refractivity contribution in [2.45, 2.75) is 25.2 Å². The van der Waals surface area contributed by atoms with Gasteiger partial charge >= 0.3 is 5.97 Å². The van der Waals surface area contributed by atoms with Crippen LogP contribution in [0.1, 0.15) is 13.8 Å². The number of hydrogen-bond acceptors (Lipinski definition) is 6. The van der Waals surface area contributed by atoms with Crippen LogP contribution >= 0.6 is 23.4 Å². The molecular formula is C13H13ClN2O3S. The highest BCUT2D eigenvalue weighted by Crippen LogP contribution is 2.24. The van der Waals surface area contributed by atoms with Gasteiger partial charge in [0.25, 0.3) is 5.22 Å². The first-order valence-corrected chi connectivity index (χ1v) is 7.32. The smallest absolute Gasteiger partial charge is 0.316 e. The predicted molar refractivity (Wildman–Crippen MR) is 76.7 cm³/mol. The lowest BCUT2D eigenvalue weighted by molar-refractivity contribution is -0.144. The highest BCUT2D eigenvalue weighted by atomic mass is 35.5. The van der Waals surface area contributed by atoms with E-state index in [9.17, 15) is 4.79 Å². The minimum absolute atomic E-state index is 0.129. The molecule has 106 valence electrons. The Kier molecular flexibility index (Phi) is 5.03. The number of carbonyl (C=O) groups is 1. The minimum atomic E-state index is -0.309. The quantitative estimate of drug-likeness (QED) is 0.622. The average Bonchev–Trinajstić information content (AvgIpc) is 2.85. The second-order valence-electron chi connectivity index (χ2n) is 4.21. The molecule has 0 aliphatic heterocycles. The first-order valence-electron chi connectivity index (χ1n) is 5.96. The monoisotopic (exact) mass is 312 g/mol. The van der Waals surface area contributed by atoms with Crippen LogP contribution in [0.25, 0.3) is 11.5 Å². The van der Waals surface area contributed by atoms with Crippen molar-refractivity contribution in [2.24, 2.45) is 0 Å². The van der Waals surface area contributed by atoms with Crippen LogP contribution in [0.4, 0.5) is 0 Å². The Morgan fingerprint density at radius 2 is 2.05 bits per heavy atom. The first kappa shape index (κ1) is 14.9. The zero-order valence-electron chi connectivity index (χ0n) is 11.0. The zero-order chi connectivity index (χ0) is 14.5. The number of carbonyl (C=O) groups excluding carboxylic acids is 1. The summed E-state index contributed by atoms with van der Waals surface area (Å²) in [5, 5.41) is 8.76. The van der Waals surface area contributed by atoms with Gasteiger partial charge in [-0.25, -0.2) is 0 Å².